The van der Waals surface area contributed by atoms with E-state index in [0.717, 1.165) is 16.7 Å². The molecule has 10 heteroatoms. The SMILES string of the molecule is C=CCc1cccc2c1CN(C(=O)O[C@@H]1C[C@@H](C(=O)O)N(C(=O)[C@@H](NC(=O)OCC(C)(C)CC=C)C(C)(C)C)C1)C2. The standard InChI is InChI=1S/C31H43N3O7/c1-8-11-20-12-10-13-21-16-33(18-23(20)21)29(39)41-22-15-24(27(36)37)34(17-22)26(35)25(30(3,4)5)32-28(38)40-19-31(6,7)14-9-2/h8-10,12-13,22,24-25H,1-2,11,14-19H2,3-7H3,(H,32,38)(H,36,37)/t22-,24+,25-/m1/s1. The van der Waals surface area contributed by atoms with Gasteiger partial charge >= 0.3 is 18.2 Å². The Bertz CT molecular complexity index is 1190. The summed E-state index contributed by atoms with van der Waals surface area (Å²) >= 11 is 0. The van der Waals surface area contributed by atoms with Crippen LogP contribution in [0, 0.1) is 10.8 Å². The van der Waals surface area contributed by atoms with Crippen molar-refractivity contribution in [2.45, 2.75) is 85.2 Å². The molecule has 0 aliphatic carbocycles. The normalized spacial score (nSPS) is 19.2. The van der Waals surface area contributed by atoms with Crippen LogP contribution in [0.5, 0.6) is 0 Å². The third-order valence-electron chi connectivity index (χ3n) is 7.47. The maximum Gasteiger partial charge on any atom is 0.410 e. The molecular weight excluding hydrogens is 526 g/mol. The van der Waals surface area contributed by atoms with E-state index >= 15 is 0 Å². The molecule has 0 radical (unpaired) electrons. The van der Waals surface area contributed by atoms with Gasteiger partial charge in [0, 0.05) is 24.9 Å². The van der Waals surface area contributed by atoms with Crippen molar-refractivity contribution >= 4 is 24.1 Å². The topological polar surface area (TPSA) is 125 Å². The number of hydrogen-bond acceptors (Lipinski definition) is 6. The summed E-state index contributed by atoms with van der Waals surface area (Å²) in [6, 6.07) is 3.65. The number of carboxylic acid groups (broad SMARTS) is 1. The minimum Gasteiger partial charge on any atom is -0.480 e. The van der Waals surface area contributed by atoms with Gasteiger partial charge < -0.3 is 24.8 Å². The van der Waals surface area contributed by atoms with Crippen molar-refractivity contribution in [2.75, 3.05) is 13.2 Å². The molecule has 2 heterocycles. The largest absolute Gasteiger partial charge is 0.480 e. The molecule has 224 valence electrons. The van der Waals surface area contributed by atoms with E-state index in [1.54, 1.807) is 31.7 Å². The second kappa shape index (κ2) is 12.8. The number of hydrogen-bond donors (Lipinski definition) is 2. The Morgan fingerprint density at radius 2 is 1.83 bits per heavy atom. The number of carbonyl (C=O) groups excluding carboxylic acids is 3. The fourth-order valence-corrected chi connectivity index (χ4v) is 5.23. The highest BCUT2D eigenvalue weighted by molar-refractivity contribution is 5.90. The van der Waals surface area contributed by atoms with Gasteiger partial charge in [-0.25, -0.2) is 14.4 Å². The van der Waals surface area contributed by atoms with Crippen molar-refractivity contribution in [1.82, 2.24) is 15.1 Å². The summed E-state index contributed by atoms with van der Waals surface area (Å²) in [6.07, 6.45) is 2.69. The van der Waals surface area contributed by atoms with Crippen molar-refractivity contribution in [3.05, 3.63) is 60.2 Å². The quantitative estimate of drug-likeness (QED) is 0.393. The molecular formula is C31H43N3O7. The number of benzene rings is 1. The van der Waals surface area contributed by atoms with Gasteiger partial charge in [-0.1, -0.05) is 65.0 Å². The Hall–Kier alpha value is -3.82. The lowest BCUT2D eigenvalue weighted by molar-refractivity contribution is -0.150. The number of carboxylic acids is 1. The zero-order valence-electron chi connectivity index (χ0n) is 24.8. The van der Waals surface area contributed by atoms with Crippen molar-refractivity contribution in [3.8, 4) is 0 Å². The number of nitrogens with one attached hydrogen (secondary N) is 1. The minimum atomic E-state index is -1.21. The lowest BCUT2D eigenvalue weighted by atomic mass is 9.85. The smallest absolute Gasteiger partial charge is 0.410 e. The number of fused-ring (bicyclic) bond motifs is 1. The van der Waals surface area contributed by atoms with Crippen LogP contribution in [-0.2, 0) is 38.6 Å². The van der Waals surface area contributed by atoms with Gasteiger partial charge in [-0.3, -0.25) is 9.69 Å². The maximum absolute atomic E-state index is 13.7. The number of rotatable bonds is 10. The first kappa shape index (κ1) is 31.7. The second-order valence-electron chi connectivity index (χ2n) is 12.7. The van der Waals surface area contributed by atoms with Crippen LogP contribution in [0.1, 0.15) is 64.2 Å². The fourth-order valence-electron chi connectivity index (χ4n) is 5.23. The summed E-state index contributed by atoms with van der Waals surface area (Å²) in [7, 11) is 0. The summed E-state index contributed by atoms with van der Waals surface area (Å²) < 4.78 is 11.1. The number of carbonyl (C=O) groups is 4. The van der Waals surface area contributed by atoms with Crippen LogP contribution < -0.4 is 5.32 Å². The Morgan fingerprint density at radius 3 is 2.44 bits per heavy atom. The van der Waals surface area contributed by atoms with E-state index in [4.69, 9.17) is 9.47 Å². The maximum atomic E-state index is 13.7. The average Bonchev–Trinajstić information content (AvgIpc) is 3.51. The summed E-state index contributed by atoms with van der Waals surface area (Å²) in [4.78, 5) is 54.4. The van der Waals surface area contributed by atoms with E-state index in [1.807, 2.05) is 38.1 Å². The van der Waals surface area contributed by atoms with Crippen molar-refractivity contribution in [1.29, 1.82) is 0 Å². The van der Waals surface area contributed by atoms with Crippen molar-refractivity contribution < 1.29 is 33.8 Å². The lowest BCUT2D eigenvalue weighted by Gasteiger charge is -2.34. The van der Waals surface area contributed by atoms with E-state index in [2.05, 4.69) is 18.5 Å². The highest BCUT2D eigenvalue weighted by Crippen LogP contribution is 2.30. The molecule has 2 aliphatic heterocycles. The molecule has 3 rings (SSSR count). The van der Waals surface area contributed by atoms with Gasteiger partial charge in [-0.2, -0.15) is 0 Å². The molecule has 0 bridgehead atoms. The molecule has 2 aliphatic rings. The van der Waals surface area contributed by atoms with Crippen LogP contribution in [0.15, 0.2) is 43.5 Å². The molecule has 1 fully saturated rings. The van der Waals surface area contributed by atoms with Crippen molar-refractivity contribution in [2.24, 2.45) is 10.8 Å². The number of nitrogens with zero attached hydrogens (tertiary/aromatic N) is 2. The summed E-state index contributed by atoms with van der Waals surface area (Å²) in [6.45, 7) is 17.5. The minimum absolute atomic E-state index is 0.0492. The van der Waals surface area contributed by atoms with Crippen LogP contribution in [0.2, 0.25) is 0 Å². The van der Waals surface area contributed by atoms with Gasteiger partial charge in [0.05, 0.1) is 13.2 Å². The fraction of sp³-hybridized carbons (Fsp3) is 0.548. The predicted octanol–water partition coefficient (Wildman–Crippen LogP) is 4.66. The van der Waals surface area contributed by atoms with Crippen LogP contribution in [-0.4, -0.2) is 70.3 Å². The molecule has 2 N–H and O–H groups in total. The van der Waals surface area contributed by atoms with Crippen LogP contribution in [0.25, 0.3) is 0 Å². The Balaban J connectivity index is 1.68. The second-order valence-corrected chi connectivity index (χ2v) is 12.7. The summed E-state index contributed by atoms with van der Waals surface area (Å²) in [5.41, 5.74) is 2.11. The molecule has 1 aromatic carbocycles. The van der Waals surface area contributed by atoms with Crippen LogP contribution in [0.4, 0.5) is 9.59 Å². The van der Waals surface area contributed by atoms with Crippen LogP contribution >= 0.6 is 0 Å². The van der Waals surface area contributed by atoms with Gasteiger partial charge in [0.25, 0.3) is 0 Å². The predicted molar refractivity (Wildman–Crippen MR) is 154 cm³/mol. The number of alkyl carbamates (subject to hydrolysis) is 1. The molecule has 0 saturated carbocycles. The molecule has 10 nitrogen and oxygen atoms in total. The zero-order chi connectivity index (χ0) is 30.5. The number of aliphatic carboxylic acids is 1. The molecule has 0 unspecified atom stereocenters. The summed E-state index contributed by atoms with van der Waals surface area (Å²) in [5, 5.41) is 12.6. The van der Waals surface area contributed by atoms with E-state index < -0.39 is 47.7 Å². The van der Waals surface area contributed by atoms with Gasteiger partial charge in [0.2, 0.25) is 5.91 Å². The molecule has 3 atom stereocenters. The Morgan fingerprint density at radius 1 is 1.12 bits per heavy atom. The number of amides is 3. The lowest BCUT2D eigenvalue weighted by Crippen LogP contribution is -2.57. The molecule has 0 aromatic heterocycles. The van der Waals surface area contributed by atoms with Gasteiger partial charge in [0.1, 0.15) is 18.2 Å². The van der Waals surface area contributed by atoms with E-state index in [9.17, 15) is 24.3 Å². The van der Waals surface area contributed by atoms with Gasteiger partial charge in [0.15, 0.2) is 0 Å². The molecule has 1 aromatic rings. The zero-order valence-corrected chi connectivity index (χ0v) is 24.8. The van der Waals surface area contributed by atoms with E-state index in [-0.39, 0.29) is 25.0 Å². The number of allylic oxidation sites excluding steroid dienone is 2. The first-order valence-corrected chi connectivity index (χ1v) is 13.9. The molecule has 0 spiro atoms. The highest BCUT2D eigenvalue weighted by atomic mass is 16.6. The highest BCUT2D eigenvalue weighted by Gasteiger charge is 2.46. The number of ether oxygens (including phenoxy) is 2. The monoisotopic (exact) mass is 569 g/mol. The Labute approximate surface area is 242 Å². The third kappa shape index (κ3) is 7.89. The number of likely N-dealkylation sites (tertiary alicyclic amines) is 1. The molecule has 41 heavy (non-hydrogen) atoms. The van der Waals surface area contributed by atoms with E-state index in [0.29, 0.717) is 25.9 Å². The first-order valence-electron chi connectivity index (χ1n) is 13.9. The average molecular weight is 570 g/mol. The van der Waals surface area contributed by atoms with Gasteiger partial charge in [-0.05, 0) is 34.9 Å². The third-order valence-corrected chi connectivity index (χ3v) is 7.47. The van der Waals surface area contributed by atoms with Crippen LogP contribution in [0.3, 0.4) is 0 Å². The molecule has 1 saturated heterocycles. The van der Waals surface area contributed by atoms with Gasteiger partial charge in [-0.15, -0.1) is 13.2 Å². The Kier molecular flexibility index (Phi) is 9.89. The summed E-state index contributed by atoms with van der Waals surface area (Å²) in [5.74, 6) is -1.78. The first-order chi connectivity index (χ1) is 19.2. The molecule has 3 amide bonds. The van der Waals surface area contributed by atoms with Crippen molar-refractivity contribution in [3.63, 3.8) is 0 Å². The van der Waals surface area contributed by atoms with E-state index in [1.165, 1.54) is 4.90 Å².